The van der Waals surface area contributed by atoms with Crippen molar-refractivity contribution in [3.05, 3.63) is 30.5 Å². The van der Waals surface area contributed by atoms with Crippen molar-refractivity contribution in [3.8, 4) is 0 Å². The lowest BCUT2D eigenvalue weighted by molar-refractivity contribution is 0.304. The maximum absolute atomic E-state index is 4.54. The topological polar surface area (TPSA) is 37.8 Å². The zero-order chi connectivity index (χ0) is 13.8. The van der Waals surface area contributed by atoms with Gasteiger partial charge in [-0.05, 0) is 23.8 Å². The normalized spacial score (nSPS) is 11.7. The Hall–Kier alpha value is -1.64. The van der Waals surface area contributed by atoms with Crippen LogP contribution in [0.1, 0.15) is 27.7 Å². The molecule has 0 saturated heterocycles. The number of para-hydroxylation sites is 1. The second-order valence-electron chi connectivity index (χ2n) is 5.79. The lowest BCUT2D eigenvalue weighted by Gasteiger charge is -2.25. The minimum absolute atomic E-state index is 0.634. The number of nitrogens with one attached hydrogen (secondary N) is 1. The van der Waals surface area contributed by atoms with Crippen molar-refractivity contribution in [2.45, 2.75) is 27.7 Å². The average Bonchev–Trinajstić information content (AvgIpc) is 2.38. The van der Waals surface area contributed by atoms with E-state index >= 15 is 0 Å². The van der Waals surface area contributed by atoms with E-state index in [9.17, 15) is 0 Å². The second kappa shape index (κ2) is 6.00. The number of hydrogen-bond donors (Lipinski definition) is 1. The Morgan fingerprint density at radius 2 is 1.74 bits per heavy atom. The summed E-state index contributed by atoms with van der Waals surface area (Å²) < 4.78 is 0. The maximum Gasteiger partial charge on any atom is 0.223 e. The molecular formula is C16H23N3. The number of rotatable bonds is 5. The minimum atomic E-state index is 0.634. The summed E-state index contributed by atoms with van der Waals surface area (Å²) in [5.74, 6) is 2.68. The molecule has 2 aromatic rings. The van der Waals surface area contributed by atoms with Gasteiger partial charge in [-0.1, -0.05) is 45.9 Å². The summed E-state index contributed by atoms with van der Waals surface area (Å²) in [4.78, 5) is 8.92. The van der Waals surface area contributed by atoms with Crippen molar-refractivity contribution in [2.75, 3.05) is 11.9 Å². The highest BCUT2D eigenvalue weighted by Crippen LogP contribution is 2.21. The van der Waals surface area contributed by atoms with Crippen molar-refractivity contribution in [1.29, 1.82) is 0 Å². The number of anilines is 1. The van der Waals surface area contributed by atoms with Gasteiger partial charge in [-0.2, -0.15) is 0 Å². The smallest absolute Gasteiger partial charge is 0.223 e. The van der Waals surface area contributed by atoms with Crippen molar-refractivity contribution in [1.82, 2.24) is 9.97 Å². The van der Waals surface area contributed by atoms with E-state index < -0.39 is 0 Å². The van der Waals surface area contributed by atoms with E-state index in [1.54, 1.807) is 0 Å². The number of hydrogen-bond acceptors (Lipinski definition) is 3. The summed E-state index contributed by atoms with van der Waals surface area (Å²) in [6.07, 6.45) is 1.88. The molecule has 1 aromatic carbocycles. The highest BCUT2D eigenvalue weighted by atomic mass is 15.1. The van der Waals surface area contributed by atoms with E-state index in [1.165, 1.54) is 0 Å². The van der Waals surface area contributed by atoms with Gasteiger partial charge >= 0.3 is 0 Å². The van der Waals surface area contributed by atoms with Crippen LogP contribution in [0.25, 0.3) is 10.9 Å². The van der Waals surface area contributed by atoms with E-state index in [2.05, 4.69) is 43.0 Å². The summed E-state index contributed by atoms with van der Waals surface area (Å²) in [6, 6.07) is 8.06. The molecule has 19 heavy (non-hydrogen) atoms. The molecule has 0 unspecified atom stereocenters. The van der Waals surface area contributed by atoms with Crippen LogP contribution in [-0.2, 0) is 0 Å². The van der Waals surface area contributed by atoms with Crippen LogP contribution in [0.4, 0.5) is 5.95 Å². The van der Waals surface area contributed by atoms with Crippen LogP contribution in [0.2, 0.25) is 0 Å². The predicted octanol–water partition coefficient (Wildman–Crippen LogP) is 3.97. The summed E-state index contributed by atoms with van der Waals surface area (Å²) >= 11 is 0. The first-order chi connectivity index (χ1) is 9.08. The monoisotopic (exact) mass is 257 g/mol. The van der Waals surface area contributed by atoms with E-state index in [0.29, 0.717) is 17.8 Å². The highest BCUT2D eigenvalue weighted by Gasteiger charge is 2.17. The lowest BCUT2D eigenvalue weighted by atomic mass is 9.85. The van der Waals surface area contributed by atoms with Crippen LogP contribution in [-0.4, -0.2) is 16.5 Å². The molecule has 0 radical (unpaired) electrons. The Kier molecular flexibility index (Phi) is 4.35. The Morgan fingerprint density at radius 1 is 1.05 bits per heavy atom. The van der Waals surface area contributed by atoms with Crippen LogP contribution >= 0.6 is 0 Å². The largest absolute Gasteiger partial charge is 0.354 e. The number of nitrogens with zero attached hydrogens (tertiary/aromatic N) is 2. The first-order valence-electron chi connectivity index (χ1n) is 7.03. The van der Waals surface area contributed by atoms with Gasteiger partial charge in [0.05, 0.1) is 5.52 Å². The van der Waals surface area contributed by atoms with E-state index in [0.717, 1.165) is 23.4 Å². The molecular weight excluding hydrogens is 234 g/mol. The summed E-state index contributed by atoms with van der Waals surface area (Å²) in [7, 11) is 0. The van der Waals surface area contributed by atoms with Gasteiger partial charge in [0.25, 0.3) is 0 Å². The Bertz CT molecular complexity index is 526. The Labute approximate surface area is 115 Å². The molecule has 0 saturated carbocycles. The average molecular weight is 257 g/mol. The van der Waals surface area contributed by atoms with Crippen LogP contribution in [0.3, 0.4) is 0 Å². The molecule has 2 rings (SSSR count). The molecule has 0 atom stereocenters. The van der Waals surface area contributed by atoms with Crippen molar-refractivity contribution >= 4 is 16.9 Å². The van der Waals surface area contributed by atoms with Gasteiger partial charge in [0, 0.05) is 18.1 Å². The highest BCUT2D eigenvalue weighted by molar-refractivity contribution is 5.78. The second-order valence-corrected chi connectivity index (χ2v) is 5.79. The van der Waals surface area contributed by atoms with Gasteiger partial charge in [-0.15, -0.1) is 0 Å². The molecule has 3 nitrogen and oxygen atoms in total. The quantitative estimate of drug-likeness (QED) is 0.880. The van der Waals surface area contributed by atoms with E-state index in [-0.39, 0.29) is 0 Å². The van der Waals surface area contributed by atoms with E-state index in [4.69, 9.17) is 0 Å². The fourth-order valence-electron chi connectivity index (χ4n) is 2.51. The van der Waals surface area contributed by atoms with Gasteiger partial charge in [-0.25, -0.2) is 9.97 Å². The third-order valence-corrected chi connectivity index (χ3v) is 3.70. The SMILES string of the molecule is CC(C)C(CNc1ncc2ccccc2n1)C(C)C. The fraction of sp³-hybridized carbons (Fsp3) is 0.500. The van der Waals surface area contributed by atoms with Crippen LogP contribution in [0.15, 0.2) is 30.5 Å². The maximum atomic E-state index is 4.54. The molecule has 1 heterocycles. The Balaban J connectivity index is 2.09. The third kappa shape index (κ3) is 3.43. The zero-order valence-electron chi connectivity index (χ0n) is 12.2. The standard InChI is InChI=1S/C16H23N3/c1-11(2)14(12(3)4)10-18-16-17-9-13-7-5-6-8-15(13)19-16/h5-9,11-12,14H,10H2,1-4H3,(H,17,18,19). The molecule has 0 aliphatic rings. The number of benzene rings is 1. The molecule has 3 heteroatoms. The molecule has 0 aliphatic heterocycles. The molecule has 1 aromatic heterocycles. The third-order valence-electron chi connectivity index (χ3n) is 3.70. The van der Waals surface area contributed by atoms with Gasteiger partial charge in [-0.3, -0.25) is 0 Å². The van der Waals surface area contributed by atoms with Crippen molar-refractivity contribution in [2.24, 2.45) is 17.8 Å². The fourth-order valence-corrected chi connectivity index (χ4v) is 2.51. The van der Waals surface area contributed by atoms with Crippen molar-refractivity contribution in [3.63, 3.8) is 0 Å². The lowest BCUT2D eigenvalue weighted by Crippen LogP contribution is -2.25. The molecule has 0 aliphatic carbocycles. The number of aromatic nitrogens is 2. The minimum Gasteiger partial charge on any atom is -0.354 e. The molecule has 0 spiro atoms. The Morgan fingerprint density at radius 3 is 2.42 bits per heavy atom. The molecule has 0 fully saturated rings. The van der Waals surface area contributed by atoms with E-state index in [1.807, 2.05) is 30.5 Å². The van der Waals surface area contributed by atoms with Gasteiger partial charge in [0.1, 0.15) is 0 Å². The van der Waals surface area contributed by atoms with Crippen LogP contribution in [0, 0.1) is 17.8 Å². The predicted molar refractivity (Wildman–Crippen MR) is 81.2 cm³/mol. The summed E-state index contributed by atoms with van der Waals surface area (Å²) in [5, 5.41) is 4.46. The van der Waals surface area contributed by atoms with Gasteiger partial charge in [0.2, 0.25) is 5.95 Å². The molecule has 1 N–H and O–H groups in total. The van der Waals surface area contributed by atoms with Gasteiger partial charge < -0.3 is 5.32 Å². The van der Waals surface area contributed by atoms with Crippen molar-refractivity contribution < 1.29 is 0 Å². The first-order valence-corrected chi connectivity index (χ1v) is 7.03. The van der Waals surface area contributed by atoms with Crippen LogP contribution < -0.4 is 5.32 Å². The first kappa shape index (κ1) is 13.8. The summed E-state index contributed by atoms with van der Waals surface area (Å²) in [5.41, 5.74) is 0.991. The number of fused-ring (bicyclic) bond motifs is 1. The zero-order valence-corrected chi connectivity index (χ0v) is 12.2. The molecule has 0 amide bonds. The van der Waals surface area contributed by atoms with Gasteiger partial charge in [0.15, 0.2) is 0 Å². The molecule has 0 bridgehead atoms. The van der Waals surface area contributed by atoms with Crippen LogP contribution in [0.5, 0.6) is 0 Å². The summed E-state index contributed by atoms with van der Waals surface area (Å²) in [6.45, 7) is 10.0. The molecule has 102 valence electrons.